The van der Waals surface area contributed by atoms with Crippen LogP contribution in [0.5, 0.6) is 0 Å². The summed E-state index contributed by atoms with van der Waals surface area (Å²) < 4.78 is 1.09. The SMILES string of the molecule is Cc1ccc2sc(N(Cc3ccccn3)C(=O)Cc3ccc4ccccc4c3)nc2c1C. The molecule has 2 aromatic heterocycles. The van der Waals surface area contributed by atoms with Crippen molar-refractivity contribution in [3.8, 4) is 0 Å². The van der Waals surface area contributed by atoms with Gasteiger partial charge in [-0.25, -0.2) is 4.98 Å². The molecular formula is C27H23N3OS. The van der Waals surface area contributed by atoms with Crippen LogP contribution in [0.3, 0.4) is 0 Å². The third-order valence-electron chi connectivity index (χ3n) is 5.82. The molecule has 2 heterocycles. The van der Waals surface area contributed by atoms with Crippen molar-refractivity contribution in [3.63, 3.8) is 0 Å². The van der Waals surface area contributed by atoms with E-state index in [0.29, 0.717) is 18.1 Å². The molecule has 0 unspecified atom stereocenters. The third-order valence-corrected chi connectivity index (χ3v) is 6.86. The molecule has 0 atom stereocenters. The smallest absolute Gasteiger partial charge is 0.233 e. The molecule has 0 saturated heterocycles. The molecule has 5 rings (SSSR count). The zero-order valence-corrected chi connectivity index (χ0v) is 18.9. The van der Waals surface area contributed by atoms with Crippen molar-refractivity contribution in [2.75, 3.05) is 4.90 Å². The monoisotopic (exact) mass is 437 g/mol. The van der Waals surface area contributed by atoms with Gasteiger partial charge in [-0.3, -0.25) is 14.7 Å². The first kappa shape index (κ1) is 20.3. The highest BCUT2D eigenvalue weighted by Gasteiger charge is 2.22. The topological polar surface area (TPSA) is 46.1 Å². The fraction of sp³-hybridized carbons (Fsp3) is 0.148. The van der Waals surface area contributed by atoms with Crippen molar-refractivity contribution in [1.82, 2.24) is 9.97 Å². The van der Waals surface area contributed by atoms with Crippen molar-refractivity contribution >= 4 is 43.4 Å². The zero-order valence-electron chi connectivity index (χ0n) is 18.1. The van der Waals surface area contributed by atoms with Crippen LogP contribution in [-0.2, 0) is 17.8 Å². The van der Waals surface area contributed by atoms with E-state index in [-0.39, 0.29) is 5.91 Å². The van der Waals surface area contributed by atoms with E-state index in [1.807, 2.05) is 36.4 Å². The lowest BCUT2D eigenvalue weighted by Gasteiger charge is -2.20. The number of fused-ring (bicyclic) bond motifs is 2. The molecule has 4 nitrogen and oxygen atoms in total. The minimum atomic E-state index is 0.0133. The van der Waals surface area contributed by atoms with E-state index in [2.05, 4.69) is 55.2 Å². The molecule has 0 aliphatic rings. The minimum absolute atomic E-state index is 0.0133. The number of aryl methyl sites for hydroxylation is 2. The molecule has 0 radical (unpaired) electrons. The lowest BCUT2D eigenvalue weighted by molar-refractivity contribution is -0.118. The van der Waals surface area contributed by atoms with Crippen molar-refractivity contribution < 1.29 is 4.79 Å². The minimum Gasteiger partial charge on any atom is -0.282 e. The first-order valence-electron chi connectivity index (χ1n) is 10.6. The number of amides is 1. The summed E-state index contributed by atoms with van der Waals surface area (Å²) in [7, 11) is 0. The zero-order chi connectivity index (χ0) is 22.1. The molecule has 0 spiro atoms. The van der Waals surface area contributed by atoms with Crippen LogP contribution in [0.15, 0.2) is 79.0 Å². The van der Waals surface area contributed by atoms with Gasteiger partial charge < -0.3 is 0 Å². The average Bonchev–Trinajstić information content (AvgIpc) is 3.25. The van der Waals surface area contributed by atoms with Gasteiger partial charge in [-0.2, -0.15) is 0 Å². The van der Waals surface area contributed by atoms with Gasteiger partial charge in [-0.05, 0) is 59.5 Å². The predicted octanol–water partition coefficient (Wildman–Crippen LogP) is 6.24. The highest BCUT2D eigenvalue weighted by atomic mass is 32.1. The first-order chi connectivity index (χ1) is 15.6. The van der Waals surface area contributed by atoms with Gasteiger partial charge in [0.15, 0.2) is 5.13 Å². The van der Waals surface area contributed by atoms with Crippen LogP contribution in [0.4, 0.5) is 5.13 Å². The number of benzene rings is 3. The maximum atomic E-state index is 13.5. The van der Waals surface area contributed by atoms with Crippen molar-refractivity contribution in [3.05, 3.63) is 101 Å². The number of aromatic nitrogens is 2. The van der Waals surface area contributed by atoms with Gasteiger partial charge in [-0.15, -0.1) is 0 Å². The molecule has 0 fully saturated rings. The van der Waals surface area contributed by atoms with Crippen LogP contribution >= 0.6 is 11.3 Å². The van der Waals surface area contributed by atoms with Crippen LogP contribution in [0.2, 0.25) is 0 Å². The van der Waals surface area contributed by atoms with E-state index in [4.69, 9.17) is 4.98 Å². The third kappa shape index (κ3) is 3.99. The highest BCUT2D eigenvalue weighted by molar-refractivity contribution is 7.22. The molecular weight excluding hydrogens is 414 g/mol. The lowest BCUT2D eigenvalue weighted by atomic mass is 10.0. The van der Waals surface area contributed by atoms with Crippen LogP contribution < -0.4 is 4.90 Å². The molecule has 158 valence electrons. The number of thiazole rings is 1. The molecule has 32 heavy (non-hydrogen) atoms. The fourth-order valence-electron chi connectivity index (χ4n) is 3.86. The first-order valence-corrected chi connectivity index (χ1v) is 11.4. The van der Waals surface area contributed by atoms with Gasteiger partial charge in [0.2, 0.25) is 5.91 Å². The number of anilines is 1. The van der Waals surface area contributed by atoms with Crippen LogP contribution in [0.1, 0.15) is 22.4 Å². The second-order valence-electron chi connectivity index (χ2n) is 8.01. The standard InChI is InChI=1S/C27H23N3OS/c1-18-10-13-24-26(19(18)2)29-27(32-24)30(17-23-9-5-6-14-28-23)25(31)16-20-11-12-21-7-3-4-8-22(21)15-20/h3-15H,16-17H2,1-2H3. The molecule has 1 amide bonds. The van der Waals surface area contributed by atoms with Crippen molar-refractivity contribution in [1.29, 1.82) is 0 Å². The van der Waals surface area contributed by atoms with Gasteiger partial charge in [-0.1, -0.05) is 65.9 Å². The van der Waals surface area contributed by atoms with Gasteiger partial charge >= 0.3 is 0 Å². The normalized spacial score (nSPS) is 11.2. The Bertz CT molecular complexity index is 1430. The number of carbonyl (C=O) groups is 1. The molecule has 0 bridgehead atoms. The Morgan fingerprint density at radius 3 is 2.56 bits per heavy atom. The summed E-state index contributed by atoms with van der Waals surface area (Å²) in [4.78, 5) is 24.6. The number of carbonyl (C=O) groups excluding carboxylic acids is 1. The molecule has 0 aliphatic carbocycles. The summed E-state index contributed by atoms with van der Waals surface area (Å²) in [6.45, 7) is 4.57. The Kier molecular flexibility index (Phi) is 5.41. The Balaban J connectivity index is 1.51. The summed E-state index contributed by atoms with van der Waals surface area (Å²) in [6.07, 6.45) is 2.07. The van der Waals surface area contributed by atoms with E-state index < -0.39 is 0 Å². The van der Waals surface area contributed by atoms with E-state index in [1.165, 1.54) is 10.9 Å². The number of pyridine rings is 1. The Hall–Kier alpha value is -3.57. The summed E-state index contributed by atoms with van der Waals surface area (Å²) in [6, 6.07) is 24.4. The molecule has 0 saturated carbocycles. The Labute approximate surface area is 191 Å². The molecule has 0 aliphatic heterocycles. The molecule has 0 N–H and O–H groups in total. The van der Waals surface area contributed by atoms with Gasteiger partial charge in [0.1, 0.15) is 0 Å². The summed E-state index contributed by atoms with van der Waals surface area (Å²) in [5.74, 6) is 0.0133. The number of hydrogen-bond acceptors (Lipinski definition) is 4. The quantitative estimate of drug-likeness (QED) is 0.327. The summed E-state index contributed by atoms with van der Waals surface area (Å²) in [5, 5.41) is 3.02. The summed E-state index contributed by atoms with van der Waals surface area (Å²) in [5.41, 5.74) is 5.16. The molecule has 5 aromatic rings. The van der Waals surface area contributed by atoms with Gasteiger partial charge in [0, 0.05) is 6.20 Å². The number of hydrogen-bond donors (Lipinski definition) is 0. The summed E-state index contributed by atoms with van der Waals surface area (Å²) >= 11 is 1.56. The Morgan fingerprint density at radius 1 is 0.938 bits per heavy atom. The maximum Gasteiger partial charge on any atom is 0.233 e. The number of rotatable bonds is 5. The Morgan fingerprint density at radius 2 is 1.75 bits per heavy atom. The van der Waals surface area contributed by atoms with E-state index >= 15 is 0 Å². The van der Waals surface area contributed by atoms with Crippen LogP contribution in [0.25, 0.3) is 21.0 Å². The fourth-order valence-corrected chi connectivity index (χ4v) is 4.91. The van der Waals surface area contributed by atoms with Crippen molar-refractivity contribution in [2.24, 2.45) is 0 Å². The second-order valence-corrected chi connectivity index (χ2v) is 9.02. The van der Waals surface area contributed by atoms with Crippen LogP contribution in [0, 0.1) is 13.8 Å². The molecule has 3 aromatic carbocycles. The van der Waals surface area contributed by atoms with Gasteiger partial charge in [0.25, 0.3) is 0 Å². The average molecular weight is 438 g/mol. The predicted molar refractivity (Wildman–Crippen MR) is 132 cm³/mol. The van der Waals surface area contributed by atoms with E-state index in [1.54, 1.807) is 22.4 Å². The van der Waals surface area contributed by atoms with Crippen molar-refractivity contribution in [2.45, 2.75) is 26.8 Å². The van der Waals surface area contributed by atoms with Gasteiger partial charge in [0.05, 0.1) is 28.9 Å². The van der Waals surface area contributed by atoms with E-state index in [9.17, 15) is 4.79 Å². The highest BCUT2D eigenvalue weighted by Crippen LogP contribution is 2.33. The second kappa shape index (κ2) is 8.52. The lowest BCUT2D eigenvalue weighted by Crippen LogP contribution is -2.32. The van der Waals surface area contributed by atoms with Crippen LogP contribution in [-0.4, -0.2) is 15.9 Å². The number of nitrogens with zero attached hydrogens (tertiary/aromatic N) is 3. The maximum absolute atomic E-state index is 13.5. The largest absolute Gasteiger partial charge is 0.282 e. The molecule has 5 heteroatoms. The van der Waals surface area contributed by atoms with E-state index in [0.717, 1.165) is 32.4 Å².